The molecule has 0 aliphatic heterocycles. The number of aryl methyl sites for hydroxylation is 1. The number of hydrogen-bond acceptors (Lipinski definition) is 2. The highest BCUT2D eigenvalue weighted by molar-refractivity contribution is 5.98. The van der Waals surface area contributed by atoms with Crippen molar-refractivity contribution >= 4 is 11.9 Å². The van der Waals surface area contributed by atoms with Gasteiger partial charge in [0.2, 0.25) is 0 Å². The maximum atomic E-state index is 12.4. The Labute approximate surface area is 113 Å². The topological polar surface area (TPSA) is 57.6 Å². The van der Waals surface area contributed by atoms with E-state index in [9.17, 15) is 9.59 Å². The minimum atomic E-state index is -0.986. The first kappa shape index (κ1) is 13.6. The molecule has 0 bridgehead atoms. The first-order chi connectivity index (χ1) is 9.02. The third kappa shape index (κ3) is 2.62. The molecule has 1 aromatic rings. The number of carbonyl (C=O) groups excluding carboxylic acids is 1. The number of likely N-dealkylation sites (N-methyl/N-ethyl adjacent to an activating group) is 1. The molecule has 0 aromatic heterocycles. The molecule has 2 rings (SSSR count). The average molecular weight is 261 g/mol. The third-order valence-electron chi connectivity index (χ3n) is 3.89. The van der Waals surface area contributed by atoms with E-state index in [1.807, 2.05) is 6.07 Å². The van der Waals surface area contributed by atoms with Gasteiger partial charge in [-0.15, -0.1) is 0 Å². The van der Waals surface area contributed by atoms with Gasteiger partial charge in [0.1, 0.15) is 6.04 Å². The second-order valence-corrected chi connectivity index (χ2v) is 5.08. The Balaban J connectivity index is 2.31. The van der Waals surface area contributed by atoms with Crippen molar-refractivity contribution in [2.75, 3.05) is 7.05 Å². The van der Waals surface area contributed by atoms with Gasteiger partial charge in [0.15, 0.2) is 0 Å². The zero-order valence-corrected chi connectivity index (χ0v) is 11.3. The fourth-order valence-corrected chi connectivity index (χ4v) is 2.51. The summed E-state index contributed by atoms with van der Waals surface area (Å²) in [5, 5.41) is 8.99. The molecule has 1 atom stereocenters. The number of hydrogen-bond donors (Lipinski definition) is 1. The summed E-state index contributed by atoms with van der Waals surface area (Å²) in [6.07, 6.45) is 4.17. The highest BCUT2D eigenvalue weighted by Crippen LogP contribution is 2.25. The predicted octanol–water partition coefficient (Wildman–Crippen LogP) is 2.11. The van der Waals surface area contributed by atoms with Crippen molar-refractivity contribution in [2.24, 2.45) is 0 Å². The van der Waals surface area contributed by atoms with Gasteiger partial charge in [-0.3, -0.25) is 4.79 Å². The van der Waals surface area contributed by atoms with Gasteiger partial charge in [0, 0.05) is 12.6 Å². The smallest absolute Gasteiger partial charge is 0.326 e. The van der Waals surface area contributed by atoms with Gasteiger partial charge in [-0.25, -0.2) is 4.79 Å². The summed E-state index contributed by atoms with van der Waals surface area (Å²) < 4.78 is 0. The first-order valence-electron chi connectivity index (χ1n) is 6.63. The lowest BCUT2D eigenvalue weighted by molar-refractivity contribution is -0.141. The van der Waals surface area contributed by atoms with E-state index >= 15 is 0 Å². The number of fused-ring (bicyclic) bond motifs is 1. The number of carbonyl (C=O) groups is 2. The van der Waals surface area contributed by atoms with Crippen LogP contribution in [0.5, 0.6) is 0 Å². The van der Waals surface area contributed by atoms with Crippen LogP contribution in [0.15, 0.2) is 18.2 Å². The van der Waals surface area contributed by atoms with E-state index in [1.165, 1.54) is 17.4 Å². The molecule has 4 nitrogen and oxygen atoms in total. The van der Waals surface area contributed by atoms with Crippen LogP contribution in [0.25, 0.3) is 0 Å². The Bertz CT molecular complexity index is 510. The molecule has 1 aromatic carbocycles. The monoisotopic (exact) mass is 261 g/mol. The zero-order valence-electron chi connectivity index (χ0n) is 11.3. The first-order valence-corrected chi connectivity index (χ1v) is 6.63. The molecule has 1 amide bonds. The lowest BCUT2D eigenvalue weighted by Crippen LogP contribution is -2.40. The lowest BCUT2D eigenvalue weighted by atomic mass is 9.88. The van der Waals surface area contributed by atoms with Gasteiger partial charge in [-0.05, 0) is 49.8 Å². The van der Waals surface area contributed by atoms with Crippen LogP contribution in [0.2, 0.25) is 0 Å². The highest BCUT2D eigenvalue weighted by atomic mass is 16.4. The van der Waals surface area contributed by atoms with Crippen molar-refractivity contribution in [1.82, 2.24) is 4.90 Å². The minimum Gasteiger partial charge on any atom is -0.480 e. The molecule has 0 spiro atoms. The number of amides is 1. The van der Waals surface area contributed by atoms with E-state index in [0.717, 1.165) is 31.2 Å². The Morgan fingerprint density at radius 2 is 1.95 bits per heavy atom. The quantitative estimate of drug-likeness (QED) is 0.906. The Morgan fingerprint density at radius 1 is 1.26 bits per heavy atom. The van der Waals surface area contributed by atoms with Gasteiger partial charge in [-0.1, -0.05) is 12.1 Å². The van der Waals surface area contributed by atoms with Crippen LogP contribution in [0.4, 0.5) is 0 Å². The van der Waals surface area contributed by atoms with Crippen molar-refractivity contribution in [3.63, 3.8) is 0 Å². The lowest BCUT2D eigenvalue weighted by Gasteiger charge is -2.25. The van der Waals surface area contributed by atoms with Crippen LogP contribution in [0, 0.1) is 0 Å². The molecule has 0 saturated heterocycles. The molecule has 1 unspecified atom stereocenters. The molecule has 102 valence electrons. The number of rotatable bonds is 3. The SMILES string of the molecule is CC(C(=O)O)N(C)C(=O)c1cccc2c1CCCC2. The largest absolute Gasteiger partial charge is 0.480 e. The van der Waals surface area contributed by atoms with E-state index in [-0.39, 0.29) is 5.91 Å². The molecule has 4 heteroatoms. The second-order valence-electron chi connectivity index (χ2n) is 5.08. The summed E-state index contributed by atoms with van der Waals surface area (Å²) in [5.74, 6) is -1.19. The van der Waals surface area contributed by atoms with Gasteiger partial charge >= 0.3 is 5.97 Å². The minimum absolute atomic E-state index is 0.200. The molecule has 0 heterocycles. The number of benzene rings is 1. The summed E-state index contributed by atoms with van der Waals surface area (Å²) in [6, 6.07) is 4.94. The summed E-state index contributed by atoms with van der Waals surface area (Å²) in [5.41, 5.74) is 2.99. The van der Waals surface area contributed by atoms with Crippen LogP contribution in [-0.4, -0.2) is 35.0 Å². The van der Waals surface area contributed by atoms with Crippen molar-refractivity contribution in [3.05, 3.63) is 34.9 Å². The Morgan fingerprint density at radius 3 is 2.63 bits per heavy atom. The molecule has 1 aliphatic carbocycles. The zero-order chi connectivity index (χ0) is 14.0. The van der Waals surface area contributed by atoms with Crippen LogP contribution in [-0.2, 0) is 17.6 Å². The molecule has 19 heavy (non-hydrogen) atoms. The molecule has 0 saturated carbocycles. The molecular weight excluding hydrogens is 242 g/mol. The van der Waals surface area contributed by atoms with Crippen molar-refractivity contribution in [1.29, 1.82) is 0 Å². The van der Waals surface area contributed by atoms with Crippen LogP contribution < -0.4 is 0 Å². The standard InChI is InChI=1S/C15H19NO3/c1-10(15(18)19)16(2)14(17)13-9-5-7-11-6-3-4-8-12(11)13/h5,7,9-10H,3-4,6,8H2,1-2H3,(H,18,19). The van der Waals surface area contributed by atoms with Gasteiger partial charge in [-0.2, -0.15) is 0 Å². The van der Waals surface area contributed by atoms with Crippen LogP contribution in [0.3, 0.4) is 0 Å². The summed E-state index contributed by atoms with van der Waals surface area (Å²) >= 11 is 0. The van der Waals surface area contributed by atoms with Crippen molar-refractivity contribution in [2.45, 2.75) is 38.6 Å². The van der Waals surface area contributed by atoms with Gasteiger partial charge in [0.05, 0.1) is 0 Å². The Hall–Kier alpha value is -1.84. The molecular formula is C15H19NO3. The molecule has 1 aliphatic rings. The van der Waals surface area contributed by atoms with E-state index in [0.29, 0.717) is 5.56 Å². The number of nitrogens with zero attached hydrogens (tertiary/aromatic N) is 1. The highest BCUT2D eigenvalue weighted by Gasteiger charge is 2.25. The van der Waals surface area contributed by atoms with Gasteiger partial charge in [0.25, 0.3) is 5.91 Å². The van der Waals surface area contributed by atoms with E-state index < -0.39 is 12.0 Å². The van der Waals surface area contributed by atoms with E-state index in [4.69, 9.17) is 5.11 Å². The van der Waals surface area contributed by atoms with Crippen LogP contribution in [0.1, 0.15) is 41.3 Å². The van der Waals surface area contributed by atoms with Crippen molar-refractivity contribution in [3.8, 4) is 0 Å². The molecule has 1 N–H and O–H groups in total. The summed E-state index contributed by atoms with van der Waals surface area (Å²) in [6.45, 7) is 1.52. The fraction of sp³-hybridized carbons (Fsp3) is 0.467. The Kier molecular flexibility index (Phi) is 3.88. The van der Waals surface area contributed by atoms with Crippen LogP contribution >= 0.6 is 0 Å². The maximum Gasteiger partial charge on any atom is 0.326 e. The number of carboxylic acids is 1. The average Bonchev–Trinajstić information content (AvgIpc) is 2.44. The van der Waals surface area contributed by atoms with Crippen molar-refractivity contribution < 1.29 is 14.7 Å². The summed E-state index contributed by atoms with van der Waals surface area (Å²) in [7, 11) is 1.54. The maximum absolute atomic E-state index is 12.4. The van der Waals surface area contributed by atoms with E-state index in [1.54, 1.807) is 13.1 Å². The predicted molar refractivity (Wildman–Crippen MR) is 72.3 cm³/mol. The summed E-state index contributed by atoms with van der Waals surface area (Å²) in [4.78, 5) is 24.7. The number of aliphatic carboxylic acids is 1. The van der Waals surface area contributed by atoms with E-state index in [2.05, 4.69) is 6.07 Å². The van der Waals surface area contributed by atoms with Gasteiger partial charge < -0.3 is 10.0 Å². The number of carboxylic acid groups (broad SMARTS) is 1. The molecule has 0 fully saturated rings. The second kappa shape index (κ2) is 5.43. The molecule has 0 radical (unpaired) electrons. The fourth-order valence-electron chi connectivity index (χ4n) is 2.51. The normalized spacial score (nSPS) is 15.5. The third-order valence-corrected chi connectivity index (χ3v) is 3.89.